The van der Waals surface area contributed by atoms with Gasteiger partial charge in [0.25, 0.3) is 5.91 Å². The molecule has 34 heavy (non-hydrogen) atoms. The van der Waals surface area contributed by atoms with Crippen LogP contribution in [-0.2, 0) is 37.2 Å². The topological polar surface area (TPSA) is 119 Å². The van der Waals surface area contributed by atoms with Crippen molar-refractivity contribution in [2.75, 3.05) is 6.26 Å². The Balaban J connectivity index is 1.74. The Labute approximate surface area is 200 Å². The molecule has 0 fully saturated rings. The maximum absolute atomic E-state index is 13.2. The quantitative estimate of drug-likeness (QED) is 0.432. The second-order valence-corrected chi connectivity index (χ2v) is 11.2. The first-order chi connectivity index (χ1) is 15.9. The van der Waals surface area contributed by atoms with Crippen LogP contribution in [0.15, 0.2) is 41.3 Å². The molecule has 0 radical (unpaired) electrons. The van der Waals surface area contributed by atoms with Gasteiger partial charge in [0, 0.05) is 11.8 Å². The number of rotatable bonds is 8. The number of hydrogen-bond acceptors (Lipinski definition) is 7. The van der Waals surface area contributed by atoms with Crippen molar-refractivity contribution >= 4 is 34.3 Å². The maximum atomic E-state index is 13.2. The number of sulfone groups is 1. The molecule has 2 aromatic carbocycles. The van der Waals surface area contributed by atoms with Gasteiger partial charge in [-0.25, -0.2) is 13.2 Å². The first-order valence-electron chi connectivity index (χ1n) is 11.1. The predicted molar refractivity (Wildman–Crippen MR) is 128 cm³/mol. The number of fused-ring (bicyclic) bond motifs is 1. The van der Waals surface area contributed by atoms with Crippen LogP contribution in [0.5, 0.6) is 0 Å². The SMILES string of the molecule is CC(C)c1c(C(=O)NC(C(=O)OCc2ccc(S(C)(=O)=O)cc2)C(C)C)ccc2c1B(O)OC2. The molecule has 8 nitrogen and oxygen atoms in total. The van der Waals surface area contributed by atoms with E-state index < -0.39 is 34.9 Å². The van der Waals surface area contributed by atoms with Gasteiger partial charge in [-0.15, -0.1) is 0 Å². The fourth-order valence-electron chi connectivity index (χ4n) is 3.96. The smallest absolute Gasteiger partial charge is 0.459 e. The molecule has 1 aliphatic rings. The van der Waals surface area contributed by atoms with E-state index in [1.807, 2.05) is 13.8 Å². The largest absolute Gasteiger partial charge is 0.492 e. The van der Waals surface area contributed by atoms with E-state index >= 15 is 0 Å². The van der Waals surface area contributed by atoms with E-state index in [0.29, 0.717) is 22.2 Å². The van der Waals surface area contributed by atoms with Crippen LogP contribution in [0.1, 0.15) is 60.7 Å². The molecule has 0 saturated carbocycles. The van der Waals surface area contributed by atoms with Crippen molar-refractivity contribution in [2.24, 2.45) is 5.92 Å². The zero-order chi connectivity index (χ0) is 25.2. The van der Waals surface area contributed by atoms with Crippen LogP contribution in [-0.4, -0.2) is 44.7 Å². The normalized spacial score (nSPS) is 14.3. The van der Waals surface area contributed by atoms with E-state index in [2.05, 4.69) is 5.32 Å². The average Bonchev–Trinajstić information content (AvgIpc) is 3.15. The van der Waals surface area contributed by atoms with Gasteiger partial charge in [-0.1, -0.05) is 45.9 Å². The Hall–Kier alpha value is -2.69. The van der Waals surface area contributed by atoms with Crippen LogP contribution in [0.3, 0.4) is 0 Å². The van der Waals surface area contributed by atoms with Crippen molar-refractivity contribution in [3.8, 4) is 0 Å². The van der Waals surface area contributed by atoms with E-state index in [-0.39, 0.29) is 29.9 Å². The molecule has 0 bridgehead atoms. The van der Waals surface area contributed by atoms with Crippen LogP contribution in [0.4, 0.5) is 0 Å². The molecule has 0 aromatic heterocycles. The summed E-state index contributed by atoms with van der Waals surface area (Å²) in [4.78, 5) is 26.2. The zero-order valence-electron chi connectivity index (χ0n) is 20.0. The van der Waals surface area contributed by atoms with Crippen molar-refractivity contribution in [1.82, 2.24) is 5.32 Å². The summed E-state index contributed by atoms with van der Waals surface area (Å²) in [7, 11) is -4.39. The van der Waals surface area contributed by atoms with E-state index in [0.717, 1.165) is 11.8 Å². The second-order valence-electron chi connectivity index (χ2n) is 9.14. The highest BCUT2D eigenvalue weighted by Crippen LogP contribution is 2.24. The van der Waals surface area contributed by atoms with Crippen LogP contribution in [0.25, 0.3) is 0 Å². The summed E-state index contributed by atoms with van der Waals surface area (Å²) in [6, 6.07) is 8.64. The summed E-state index contributed by atoms with van der Waals surface area (Å²) in [5, 5.41) is 13.0. The molecule has 1 heterocycles. The summed E-state index contributed by atoms with van der Waals surface area (Å²) >= 11 is 0. The summed E-state index contributed by atoms with van der Waals surface area (Å²) < 4.78 is 33.9. The summed E-state index contributed by atoms with van der Waals surface area (Å²) in [6.45, 7) is 7.70. The Morgan fingerprint density at radius 2 is 1.76 bits per heavy atom. The first kappa shape index (κ1) is 25.9. The molecule has 2 N–H and O–H groups in total. The maximum Gasteiger partial charge on any atom is 0.492 e. The molecule has 0 aliphatic carbocycles. The molecular weight excluding hydrogens is 457 g/mol. The minimum absolute atomic E-state index is 0.0496. The van der Waals surface area contributed by atoms with Crippen molar-refractivity contribution in [3.05, 3.63) is 58.7 Å². The number of nitrogens with one attached hydrogen (secondary N) is 1. The highest BCUT2D eigenvalue weighted by atomic mass is 32.2. The van der Waals surface area contributed by atoms with Crippen molar-refractivity contribution in [2.45, 2.75) is 57.8 Å². The number of carbonyl (C=O) groups excluding carboxylic acids is 2. The van der Waals surface area contributed by atoms with Gasteiger partial charge in [0.2, 0.25) is 0 Å². The summed E-state index contributed by atoms with van der Waals surface area (Å²) in [5.41, 5.74) is 3.16. The monoisotopic (exact) mass is 487 g/mol. The third kappa shape index (κ3) is 5.68. The molecule has 182 valence electrons. The molecule has 0 spiro atoms. The lowest BCUT2D eigenvalue weighted by Gasteiger charge is -2.23. The number of benzene rings is 2. The number of amides is 1. The molecule has 1 atom stereocenters. The Morgan fingerprint density at radius 3 is 2.32 bits per heavy atom. The molecule has 3 rings (SSSR count). The summed E-state index contributed by atoms with van der Waals surface area (Å²) in [6.07, 6.45) is 1.12. The molecule has 10 heteroatoms. The molecule has 1 unspecified atom stereocenters. The number of carbonyl (C=O) groups is 2. The van der Waals surface area contributed by atoms with Gasteiger partial charge < -0.3 is 19.7 Å². The van der Waals surface area contributed by atoms with Gasteiger partial charge in [0.05, 0.1) is 11.5 Å². The first-order valence-corrected chi connectivity index (χ1v) is 13.0. The Kier molecular flexibility index (Phi) is 7.85. The zero-order valence-corrected chi connectivity index (χ0v) is 20.8. The van der Waals surface area contributed by atoms with Gasteiger partial charge in [0.1, 0.15) is 12.6 Å². The fourth-order valence-corrected chi connectivity index (χ4v) is 4.60. The minimum Gasteiger partial charge on any atom is -0.459 e. The standard InChI is InChI=1S/C24H30BNO7S/c1-14(2)20-19(11-8-17-13-33-25(29)21(17)20)23(27)26-22(15(3)4)24(28)32-12-16-6-9-18(10-7-16)34(5,30)31/h6-11,14-15,22,29H,12-13H2,1-5H3,(H,26,27). The average molecular weight is 487 g/mol. The Bertz CT molecular complexity index is 1180. The highest BCUT2D eigenvalue weighted by molar-refractivity contribution is 7.90. The van der Waals surface area contributed by atoms with E-state index in [4.69, 9.17) is 9.39 Å². The van der Waals surface area contributed by atoms with E-state index in [9.17, 15) is 23.0 Å². The lowest BCUT2D eigenvalue weighted by atomic mass is 9.72. The van der Waals surface area contributed by atoms with Gasteiger partial charge in [-0.2, -0.15) is 0 Å². The van der Waals surface area contributed by atoms with Crippen LogP contribution >= 0.6 is 0 Å². The lowest BCUT2D eigenvalue weighted by molar-refractivity contribution is -0.148. The van der Waals surface area contributed by atoms with Gasteiger partial charge in [-0.3, -0.25) is 4.79 Å². The highest BCUT2D eigenvalue weighted by Gasteiger charge is 2.34. The van der Waals surface area contributed by atoms with Crippen molar-refractivity contribution in [1.29, 1.82) is 0 Å². The van der Waals surface area contributed by atoms with Crippen LogP contribution in [0.2, 0.25) is 0 Å². The van der Waals surface area contributed by atoms with Crippen LogP contribution in [0, 0.1) is 5.92 Å². The van der Waals surface area contributed by atoms with Gasteiger partial charge in [0.15, 0.2) is 9.84 Å². The molecular formula is C24H30BNO7S. The molecule has 1 aliphatic heterocycles. The van der Waals surface area contributed by atoms with E-state index in [1.54, 1.807) is 38.1 Å². The van der Waals surface area contributed by atoms with E-state index in [1.165, 1.54) is 12.1 Å². The Morgan fingerprint density at radius 1 is 1.12 bits per heavy atom. The van der Waals surface area contributed by atoms with Crippen LogP contribution < -0.4 is 10.8 Å². The molecule has 1 amide bonds. The second kappa shape index (κ2) is 10.3. The lowest BCUT2D eigenvalue weighted by Crippen LogP contribution is -2.46. The van der Waals surface area contributed by atoms with Gasteiger partial charge >= 0.3 is 13.1 Å². The number of ether oxygens (including phenoxy) is 1. The predicted octanol–water partition coefficient (Wildman–Crippen LogP) is 1.93. The van der Waals surface area contributed by atoms with Crippen molar-refractivity contribution in [3.63, 3.8) is 0 Å². The fraction of sp³-hybridized carbons (Fsp3) is 0.417. The van der Waals surface area contributed by atoms with Gasteiger partial charge in [-0.05, 0) is 52.2 Å². The third-order valence-electron chi connectivity index (χ3n) is 5.78. The number of hydrogen-bond donors (Lipinski definition) is 2. The third-order valence-corrected chi connectivity index (χ3v) is 6.91. The molecule has 2 aromatic rings. The van der Waals surface area contributed by atoms with Crippen molar-refractivity contribution < 1.29 is 32.4 Å². The molecule has 0 saturated heterocycles. The number of esters is 1. The summed E-state index contributed by atoms with van der Waals surface area (Å²) in [5.74, 6) is -1.31. The minimum atomic E-state index is -3.31.